The van der Waals surface area contributed by atoms with E-state index in [0.29, 0.717) is 25.1 Å². The summed E-state index contributed by atoms with van der Waals surface area (Å²) in [6.07, 6.45) is -2.97. The van der Waals surface area contributed by atoms with E-state index in [9.17, 15) is 22.4 Å². The second kappa shape index (κ2) is 7.65. The number of amides is 1. The van der Waals surface area contributed by atoms with Gasteiger partial charge in [-0.2, -0.15) is 18.3 Å². The van der Waals surface area contributed by atoms with Gasteiger partial charge in [-0.05, 0) is 35.2 Å². The lowest BCUT2D eigenvalue weighted by Crippen LogP contribution is -2.38. The fraction of sp³-hybridized carbons (Fsp3) is 0.304. The molecule has 166 valence electrons. The zero-order valence-corrected chi connectivity index (χ0v) is 16.9. The van der Waals surface area contributed by atoms with Gasteiger partial charge in [0.25, 0.3) is 5.91 Å². The molecule has 3 aromatic rings. The van der Waals surface area contributed by atoms with Crippen LogP contribution in [0.4, 0.5) is 23.4 Å². The molecule has 1 N–H and O–H groups in total. The highest BCUT2D eigenvalue weighted by Gasteiger charge is 2.47. The van der Waals surface area contributed by atoms with Gasteiger partial charge in [-0.3, -0.25) is 4.79 Å². The Hall–Kier alpha value is -3.36. The number of carbonyl (C=O) groups excluding carboxylic acids is 1. The van der Waals surface area contributed by atoms with Crippen LogP contribution in [0.25, 0.3) is 0 Å². The molecule has 0 unspecified atom stereocenters. The highest BCUT2D eigenvalue weighted by Crippen LogP contribution is 2.44. The number of rotatable bonds is 2. The quantitative estimate of drug-likeness (QED) is 0.573. The van der Waals surface area contributed by atoms with E-state index >= 15 is 0 Å². The average molecular weight is 444 g/mol. The summed E-state index contributed by atoms with van der Waals surface area (Å²) in [5, 5.41) is 6.99. The third-order valence-electron chi connectivity index (χ3n) is 6.16. The normalized spacial score (nSPS) is 20.3. The fourth-order valence-corrected chi connectivity index (χ4v) is 4.47. The Morgan fingerprint density at radius 1 is 1.06 bits per heavy atom. The van der Waals surface area contributed by atoms with E-state index in [1.165, 1.54) is 36.0 Å². The second-order valence-electron chi connectivity index (χ2n) is 8.14. The Morgan fingerprint density at radius 2 is 1.78 bits per heavy atom. The van der Waals surface area contributed by atoms with Crippen molar-refractivity contribution in [2.45, 2.75) is 37.6 Å². The summed E-state index contributed by atoms with van der Waals surface area (Å²) < 4.78 is 55.8. The molecule has 1 aromatic heterocycles. The fourth-order valence-electron chi connectivity index (χ4n) is 4.47. The molecule has 9 heteroatoms. The first-order chi connectivity index (χ1) is 15.3. The number of fused-ring (bicyclic) bond motifs is 2. The second-order valence-corrected chi connectivity index (χ2v) is 8.14. The molecule has 2 aliphatic heterocycles. The van der Waals surface area contributed by atoms with Crippen molar-refractivity contribution in [2.24, 2.45) is 0 Å². The molecule has 2 aliphatic rings. The molecule has 0 saturated carbocycles. The van der Waals surface area contributed by atoms with Crippen molar-refractivity contribution in [3.63, 3.8) is 0 Å². The van der Waals surface area contributed by atoms with Crippen LogP contribution in [-0.4, -0.2) is 33.3 Å². The van der Waals surface area contributed by atoms with Crippen molar-refractivity contribution in [3.05, 3.63) is 82.8 Å². The minimum Gasteiger partial charge on any atom is -0.363 e. The van der Waals surface area contributed by atoms with Gasteiger partial charge in [0.2, 0.25) is 0 Å². The number of carbonyl (C=O) groups is 1. The van der Waals surface area contributed by atoms with Crippen LogP contribution in [0.3, 0.4) is 0 Å². The maximum Gasteiger partial charge on any atom is 0.410 e. The molecule has 0 saturated heterocycles. The SMILES string of the molecule is O=C(c1cnn2c1N[C@H](c1ccc(F)cc1)C[C@H]2C(F)(F)F)N1CCc2ccccc2C1. The van der Waals surface area contributed by atoms with E-state index in [-0.39, 0.29) is 23.7 Å². The highest BCUT2D eigenvalue weighted by molar-refractivity contribution is 5.99. The summed E-state index contributed by atoms with van der Waals surface area (Å²) >= 11 is 0. The van der Waals surface area contributed by atoms with Gasteiger partial charge < -0.3 is 10.2 Å². The number of alkyl halides is 3. The van der Waals surface area contributed by atoms with Crippen molar-refractivity contribution >= 4 is 11.7 Å². The zero-order chi connectivity index (χ0) is 22.5. The zero-order valence-electron chi connectivity index (χ0n) is 16.9. The van der Waals surface area contributed by atoms with Crippen LogP contribution in [0.15, 0.2) is 54.7 Å². The standard InChI is InChI=1S/C23H20F4N4O/c24-17-7-5-15(6-8-17)19-11-20(23(25,26)27)31-21(29-19)18(12-28-31)22(32)30-10-9-14-3-1-2-4-16(14)13-30/h1-8,12,19-20,29H,9-11,13H2/t19-,20-/m0/s1. The van der Waals surface area contributed by atoms with Crippen LogP contribution in [0.2, 0.25) is 0 Å². The van der Waals surface area contributed by atoms with E-state index in [0.717, 1.165) is 10.2 Å². The molecule has 0 spiro atoms. The Kier molecular flexibility index (Phi) is 4.91. The van der Waals surface area contributed by atoms with Crippen LogP contribution >= 0.6 is 0 Å². The van der Waals surface area contributed by atoms with Gasteiger partial charge in [-0.15, -0.1) is 0 Å². The van der Waals surface area contributed by atoms with Crippen LogP contribution in [0, 0.1) is 5.82 Å². The summed E-state index contributed by atoms with van der Waals surface area (Å²) in [5.41, 5.74) is 2.81. The molecule has 0 fully saturated rings. The van der Waals surface area contributed by atoms with Gasteiger partial charge in [0, 0.05) is 19.5 Å². The number of halogens is 4. The Balaban J connectivity index is 1.48. The number of anilines is 1. The molecule has 1 amide bonds. The van der Waals surface area contributed by atoms with Crippen LogP contribution < -0.4 is 5.32 Å². The predicted molar refractivity (Wildman–Crippen MR) is 110 cm³/mol. The number of aromatic nitrogens is 2. The molecule has 5 nitrogen and oxygen atoms in total. The Labute approximate surface area is 181 Å². The number of nitrogens with one attached hydrogen (secondary N) is 1. The maximum atomic E-state index is 13.9. The van der Waals surface area contributed by atoms with Crippen LogP contribution in [0.1, 0.15) is 45.6 Å². The first-order valence-electron chi connectivity index (χ1n) is 10.3. The number of hydrogen-bond donors (Lipinski definition) is 1. The molecule has 5 rings (SSSR count). The molecule has 2 atom stereocenters. The monoisotopic (exact) mass is 444 g/mol. The smallest absolute Gasteiger partial charge is 0.363 e. The van der Waals surface area contributed by atoms with E-state index in [4.69, 9.17) is 0 Å². The molecular weight excluding hydrogens is 424 g/mol. The predicted octanol–water partition coefficient (Wildman–Crippen LogP) is 4.88. The van der Waals surface area contributed by atoms with Crippen molar-refractivity contribution in [2.75, 3.05) is 11.9 Å². The molecule has 0 aliphatic carbocycles. The Morgan fingerprint density at radius 3 is 2.50 bits per heavy atom. The third-order valence-corrected chi connectivity index (χ3v) is 6.16. The minimum absolute atomic E-state index is 0.0387. The summed E-state index contributed by atoms with van der Waals surface area (Å²) in [7, 11) is 0. The van der Waals surface area contributed by atoms with Gasteiger partial charge in [-0.1, -0.05) is 36.4 Å². The molecule has 3 heterocycles. The maximum absolute atomic E-state index is 13.9. The van der Waals surface area contributed by atoms with Gasteiger partial charge in [0.05, 0.1) is 12.2 Å². The van der Waals surface area contributed by atoms with Crippen molar-refractivity contribution < 1.29 is 22.4 Å². The minimum atomic E-state index is -4.55. The third kappa shape index (κ3) is 3.61. The van der Waals surface area contributed by atoms with Crippen molar-refractivity contribution in [1.82, 2.24) is 14.7 Å². The lowest BCUT2D eigenvalue weighted by molar-refractivity contribution is -0.173. The van der Waals surface area contributed by atoms with E-state index in [1.54, 1.807) is 4.90 Å². The van der Waals surface area contributed by atoms with Crippen LogP contribution in [0.5, 0.6) is 0 Å². The number of nitrogens with zero attached hydrogens (tertiary/aromatic N) is 3. The van der Waals surface area contributed by atoms with E-state index in [1.807, 2.05) is 24.3 Å². The average Bonchev–Trinajstić information content (AvgIpc) is 3.21. The first-order valence-corrected chi connectivity index (χ1v) is 10.3. The molecule has 0 radical (unpaired) electrons. The summed E-state index contributed by atoms with van der Waals surface area (Å²) in [6.45, 7) is 0.869. The first kappa shape index (κ1) is 20.5. The van der Waals surface area contributed by atoms with Gasteiger partial charge in [-0.25, -0.2) is 9.07 Å². The summed E-state index contributed by atoms with van der Waals surface area (Å²) in [6, 6.07) is 10.5. The van der Waals surface area contributed by atoms with Gasteiger partial charge >= 0.3 is 6.18 Å². The molecule has 2 aromatic carbocycles. The lowest BCUT2D eigenvalue weighted by Gasteiger charge is -2.34. The van der Waals surface area contributed by atoms with Crippen molar-refractivity contribution in [1.29, 1.82) is 0 Å². The van der Waals surface area contributed by atoms with Crippen LogP contribution in [-0.2, 0) is 13.0 Å². The summed E-state index contributed by atoms with van der Waals surface area (Å²) in [5.74, 6) is -0.797. The highest BCUT2D eigenvalue weighted by atomic mass is 19.4. The van der Waals surface area contributed by atoms with E-state index in [2.05, 4.69) is 10.4 Å². The largest absolute Gasteiger partial charge is 0.410 e. The molecule has 32 heavy (non-hydrogen) atoms. The topological polar surface area (TPSA) is 50.2 Å². The number of benzene rings is 2. The van der Waals surface area contributed by atoms with Crippen molar-refractivity contribution in [3.8, 4) is 0 Å². The molecular formula is C23H20F4N4O. The van der Waals surface area contributed by atoms with Gasteiger partial charge in [0.1, 0.15) is 17.2 Å². The molecule has 0 bridgehead atoms. The lowest BCUT2D eigenvalue weighted by atomic mass is 9.96. The summed E-state index contributed by atoms with van der Waals surface area (Å²) in [4.78, 5) is 14.9. The Bertz CT molecular complexity index is 1160. The van der Waals surface area contributed by atoms with E-state index < -0.39 is 24.1 Å². The van der Waals surface area contributed by atoms with Gasteiger partial charge in [0.15, 0.2) is 6.04 Å². The number of hydrogen-bond acceptors (Lipinski definition) is 3.